The van der Waals surface area contributed by atoms with Crippen LogP contribution in [0, 0.1) is 17.8 Å². The summed E-state index contributed by atoms with van der Waals surface area (Å²) in [6.45, 7) is 10.7. The molecule has 5 unspecified atom stereocenters. The van der Waals surface area contributed by atoms with Gasteiger partial charge in [-0.3, -0.25) is 9.69 Å². The molecule has 3 rings (SSSR count). The van der Waals surface area contributed by atoms with Crippen LogP contribution < -0.4 is 10.6 Å². The van der Waals surface area contributed by atoms with E-state index >= 15 is 0 Å². The summed E-state index contributed by atoms with van der Waals surface area (Å²) in [4.78, 5) is 15.2. The molecular formula is C21H39N3O. The molecule has 0 spiro atoms. The van der Waals surface area contributed by atoms with Crippen molar-refractivity contribution in [2.24, 2.45) is 17.8 Å². The van der Waals surface area contributed by atoms with E-state index < -0.39 is 0 Å². The molecule has 0 bridgehead atoms. The van der Waals surface area contributed by atoms with Crippen molar-refractivity contribution in [2.45, 2.75) is 96.8 Å². The zero-order valence-corrected chi connectivity index (χ0v) is 16.8. The number of nitrogens with one attached hydrogen (secondary N) is 2. The van der Waals surface area contributed by atoms with Gasteiger partial charge < -0.3 is 10.6 Å². The van der Waals surface area contributed by atoms with Crippen molar-refractivity contribution in [1.29, 1.82) is 0 Å². The average molecular weight is 350 g/mol. The van der Waals surface area contributed by atoms with Crippen LogP contribution in [0.15, 0.2) is 0 Å². The van der Waals surface area contributed by atoms with Crippen LogP contribution in [0.25, 0.3) is 0 Å². The van der Waals surface area contributed by atoms with Gasteiger partial charge in [0.15, 0.2) is 0 Å². The predicted molar refractivity (Wildman–Crippen MR) is 103 cm³/mol. The molecular weight excluding hydrogens is 310 g/mol. The Morgan fingerprint density at radius 1 is 1.00 bits per heavy atom. The fraction of sp³-hybridized carbons (Fsp3) is 0.952. The fourth-order valence-electron chi connectivity index (χ4n) is 5.84. The molecule has 4 heteroatoms. The van der Waals surface area contributed by atoms with E-state index in [0.717, 1.165) is 43.8 Å². The summed E-state index contributed by atoms with van der Waals surface area (Å²) in [6.07, 6.45) is 8.89. The quantitative estimate of drug-likeness (QED) is 0.774. The molecule has 3 fully saturated rings. The molecule has 2 aliphatic carbocycles. The van der Waals surface area contributed by atoms with Gasteiger partial charge in [0.2, 0.25) is 5.91 Å². The lowest BCUT2D eigenvalue weighted by Crippen LogP contribution is -2.45. The Labute approximate surface area is 154 Å². The Morgan fingerprint density at radius 3 is 2.40 bits per heavy atom. The molecule has 0 aromatic rings. The van der Waals surface area contributed by atoms with Crippen LogP contribution in [0.5, 0.6) is 0 Å². The number of hydrogen-bond acceptors (Lipinski definition) is 3. The highest BCUT2D eigenvalue weighted by Crippen LogP contribution is 2.45. The molecule has 2 N–H and O–H groups in total. The van der Waals surface area contributed by atoms with Crippen molar-refractivity contribution in [3.63, 3.8) is 0 Å². The minimum absolute atomic E-state index is 0.246. The van der Waals surface area contributed by atoms with Gasteiger partial charge in [-0.1, -0.05) is 12.8 Å². The van der Waals surface area contributed by atoms with Crippen LogP contribution >= 0.6 is 0 Å². The van der Waals surface area contributed by atoms with Crippen molar-refractivity contribution in [3.8, 4) is 0 Å². The van der Waals surface area contributed by atoms with Gasteiger partial charge in [0.1, 0.15) is 0 Å². The molecule has 1 heterocycles. The molecule has 4 nitrogen and oxygen atoms in total. The van der Waals surface area contributed by atoms with E-state index in [1.54, 1.807) is 0 Å². The van der Waals surface area contributed by atoms with Gasteiger partial charge in [-0.25, -0.2) is 0 Å². The van der Waals surface area contributed by atoms with Gasteiger partial charge in [-0.05, 0) is 71.6 Å². The summed E-state index contributed by atoms with van der Waals surface area (Å²) in [5.74, 6) is 2.14. The molecule has 2 saturated carbocycles. The summed E-state index contributed by atoms with van der Waals surface area (Å²) in [7, 11) is 0. The maximum absolute atomic E-state index is 12.7. The Hall–Kier alpha value is -0.610. The molecule has 1 saturated heterocycles. The normalized spacial score (nSPS) is 35.1. The van der Waals surface area contributed by atoms with Crippen LogP contribution in [-0.4, -0.2) is 48.1 Å². The van der Waals surface area contributed by atoms with Gasteiger partial charge in [0, 0.05) is 43.2 Å². The lowest BCUT2D eigenvalue weighted by Gasteiger charge is -2.35. The highest BCUT2D eigenvalue weighted by molar-refractivity contribution is 5.78. The monoisotopic (exact) mass is 349 g/mol. The van der Waals surface area contributed by atoms with Crippen molar-refractivity contribution in [2.75, 3.05) is 13.1 Å². The first-order valence-corrected chi connectivity index (χ1v) is 10.8. The largest absolute Gasteiger partial charge is 0.355 e. The van der Waals surface area contributed by atoms with E-state index in [9.17, 15) is 4.79 Å². The molecule has 5 atom stereocenters. The number of hydrogen-bond donors (Lipinski definition) is 2. The Bertz CT molecular complexity index is 442. The third-order valence-corrected chi connectivity index (χ3v) is 7.06. The molecule has 1 amide bonds. The zero-order valence-electron chi connectivity index (χ0n) is 16.8. The minimum atomic E-state index is 0.246. The maximum atomic E-state index is 12.7. The smallest absolute Gasteiger partial charge is 0.223 e. The van der Waals surface area contributed by atoms with Crippen molar-refractivity contribution < 1.29 is 4.79 Å². The first-order chi connectivity index (χ1) is 12.0. The van der Waals surface area contributed by atoms with Crippen molar-refractivity contribution in [3.05, 3.63) is 0 Å². The Kier molecular flexibility index (Phi) is 6.43. The third-order valence-electron chi connectivity index (χ3n) is 7.06. The Balaban J connectivity index is 1.47. The van der Waals surface area contributed by atoms with E-state index in [0.29, 0.717) is 24.0 Å². The standard InChI is InChI=1S/C21H39N3O/c1-14(2)24(15(3)4)12-11-22-21(25)16-9-10-20-18(13-16)17-7-5-6-8-19(17)23-20/h14-20,23H,5-13H2,1-4H3,(H,22,25). The third kappa shape index (κ3) is 4.39. The highest BCUT2D eigenvalue weighted by atomic mass is 16.1. The van der Waals surface area contributed by atoms with E-state index in [4.69, 9.17) is 0 Å². The fourth-order valence-corrected chi connectivity index (χ4v) is 5.84. The van der Waals surface area contributed by atoms with Crippen molar-refractivity contribution >= 4 is 5.91 Å². The SMILES string of the molecule is CC(C)N(CCNC(=O)C1CCC2NC3CCCCC3C2C1)C(C)C. The number of fused-ring (bicyclic) bond motifs is 3. The second-order valence-electron chi connectivity index (χ2n) is 9.22. The molecule has 0 radical (unpaired) electrons. The van der Waals surface area contributed by atoms with E-state index in [1.165, 1.54) is 32.1 Å². The molecule has 0 aromatic heterocycles. The molecule has 144 valence electrons. The van der Waals surface area contributed by atoms with E-state index in [2.05, 4.69) is 43.2 Å². The van der Waals surface area contributed by atoms with Gasteiger partial charge in [-0.15, -0.1) is 0 Å². The predicted octanol–water partition coefficient (Wildman–Crippen LogP) is 3.17. The summed E-state index contributed by atoms with van der Waals surface area (Å²) >= 11 is 0. The van der Waals surface area contributed by atoms with E-state index in [-0.39, 0.29) is 5.92 Å². The summed E-state index contributed by atoms with van der Waals surface area (Å²) in [5.41, 5.74) is 0. The second-order valence-corrected chi connectivity index (χ2v) is 9.22. The minimum Gasteiger partial charge on any atom is -0.355 e. The van der Waals surface area contributed by atoms with Crippen LogP contribution in [-0.2, 0) is 4.79 Å². The summed E-state index contributed by atoms with van der Waals surface area (Å²) in [6, 6.07) is 2.49. The average Bonchev–Trinajstić information content (AvgIpc) is 2.95. The lowest BCUT2D eigenvalue weighted by molar-refractivity contribution is -0.126. The number of rotatable bonds is 6. The van der Waals surface area contributed by atoms with Crippen molar-refractivity contribution in [1.82, 2.24) is 15.5 Å². The number of carbonyl (C=O) groups excluding carboxylic acids is 1. The summed E-state index contributed by atoms with van der Waals surface area (Å²) < 4.78 is 0. The number of nitrogens with zero attached hydrogens (tertiary/aromatic N) is 1. The summed E-state index contributed by atoms with van der Waals surface area (Å²) in [5, 5.41) is 7.14. The van der Waals surface area contributed by atoms with Crippen LogP contribution in [0.3, 0.4) is 0 Å². The van der Waals surface area contributed by atoms with Gasteiger partial charge in [-0.2, -0.15) is 0 Å². The van der Waals surface area contributed by atoms with Crippen LogP contribution in [0.1, 0.15) is 72.6 Å². The number of carbonyl (C=O) groups is 1. The van der Waals surface area contributed by atoms with Gasteiger partial charge in [0.25, 0.3) is 0 Å². The zero-order chi connectivity index (χ0) is 18.0. The maximum Gasteiger partial charge on any atom is 0.223 e. The van der Waals surface area contributed by atoms with Crippen LogP contribution in [0.4, 0.5) is 0 Å². The first kappa shape index (κ1) is 19.2. The topological polar surface area (TPSA) is 44.4 Å². The van der Waals surface area contributed by atoms with Crippen LogP contribution in [0.2, 0.25) is 0 Å². The molecule has 0 aromatic carbocycles. The van der Waals surface area contributed by atoms with Gasteiger partial charge in [0.05, 0.1) is 0 Å². The molecule has 3 aliphatic rings. The van der Waals surface area contributed by atoms with E-state index in [1.807, 2.05) is 0 Å². The first-order valence-electron chi connectivity index (χ1n) is 10.8. The number of amides is 1. The Morgan fingerprint density at radius 2 is 1.68 bits per heavy atom. The molecule has 25 heavy (non-hydrogen) atoms. The molecule has 1 aliphatic heterocycles. The highest BCUT2D eigenvalue weighted by Gasteiger charge is 2.47. The van der Waals surface area contributed by atoms with Gasteiger partial charge >= 0.3 is 0 Å². The lowest BCUT2D eigenvalue weighted by atomic mass is 9.70. The second kappa shape index (κ2) is 8.39.